The fraction of sp³-hybridized carbons (Fsp3) is 0.625. The van der Waals surface area contributed by atoms with Crippen LogP contribution in [-0.4, -0.2) is 19.2 Å². The summed E-state index contributed by atoms with van der Waals surface area (Å²) in [5, 5.41) is 3.63. The molecule has 1 aromatic carbocycles. The first kappa shape index (κ1) is 12.0. The van der Waals surface area contributed by atoms with Gasteiger partial charge in [-0.25, -0.2) is 0 Å². The van der Waals surface area contributed by atoms with Crippen LogP contribution < -0.4 is 10.1 Å². The van der Waals surface area contributed by atoms with E-state index in [-0.39, 0.29) is 0 Å². The Bertz CT molecular complexity index is 425. The molecule has 2 unspecified atom stereocenters. The normalized spacial score (nSPS) is 21.2. The number of ether oxygens (including phenoxy) is 1. The van der Waals surface area contributed by atoms with E-state index in [1.54, 1.807) is 0 Å². The summed E-state index contributed by atoms with van der Waals surface area (Å²) in [6.07, 6.45) is 3.82. The molecule has 1 fully saturated rings. The van der Waals surface area contributed by atoms with E-state index in [0.29, 0.717) is 11.8 Å². The maximum absolute atomic E-state index is 5.57. The lowest BCUT2D eigenvalue weighted by atomic mass is 9.88. The second-order valence-electron chi connectivity index (χ2n) is 5.91. The molecule has 1 aliphatic heterocycles. The maximum atomic E-state index is 5.57. The molecular weight excluding hydrogens is 222 g/mol. The third-order valence-electron chi connectivity index (χ3n) is 4.40. The molecule has 0 radical (unpaired) electrons. The Morgan fingerprint density at radius 1 is 1.33 bits per heavy atom. The minimum Gasteiger partial charge on any atom is -0.493 e. The lowest BCUT2D eigenvalue weighted by molar-refractivity contribution is 0.356. The molecule has 1 aliphatic carbocycles. The van der Waals surface area contributed by atoms with Crippen LogP contribution >= 0.6 is 0 Å². The SMILES string of the molecule is CC(CNC1CC1)C(C)c1ccc2c(c1)CCO2. The first-order valence-electron chi connectivity index (χ1n) is 7.23. The van der Waals surface area contributed by atoms with Crippen LogP contribution in [-0.2, 0) is 6.42 Å². The molecule has 2 nitrogen and oxygen atoms in total. The highest BCUT2D eigenvalue weighted by Gasteiger charge is 2.23. The minimum atomic E-state index is 0.613. The van der Waals surface area contributed by atoms with Crippen LogP contribution in [0.1, 0.15) is 43.7 Å². The largest absolute Gasteiger partial charge is 0.493 e. The molecule has 0 spiro atoms. The molecule has 2 aliphatic rings. The highest BCUT2D eigenvalue weighted by Crippen LogP contribution is 2.31. The van der Waals surface area contributed by atoms with Gasteiger partial charge in [0, 0.05) is 12.5 Å². The van der Waals surface area contributed by atoms with Crippen molar-refractivity contribution in [3.63, 3.8) is 0 Å². The number of fused-ring (bicyclic) bond motifs is 1. The molecule has 1 aromatic rings. The molecule has 18 heavy (non-hydrogen) atoms. The van der Waals surface area contributed by atoms with Gasteiger partial charge in [0.1, 0.15) is 5.75 Å². The van der Waals surface area contributed by atoms with E-state index in [2.05, 4.69) is 37.4 Å². The van der Waals surface area contributed by atoms with E-state index in [4.69, 9.17) is 4.74 Å². The van der Waals surface area contributed by atoms with Crippen molar-refractivity contribution in [2.24, 2.45) is 5.92 Å². The van der Waals surface area contributed by atoms with E-state index in [0.717, 1.165) is 31.4 Å². The smallest absolute Gasteiger partial charge is 0.122 e. The van der Waals surface area contributed by atoms with Crippen molar-refractivity contribution in [3.8, 4) is 5.75 Å². The van der Waals surface area contributed by atoms with Crippen LogP contribution in [0.25, 0.3) is 0 Å². The van der Waals surface area contributed by atoms with E-state index >= 15 is 0 Å². The summed E-state index contributed by atoms with van der Waals surface area (Å²) in [5.74, 6) is 2.39. The molecule has 3 rings (SSSR count). The molecule has 1 heterocycles. The minimum absolute atomic E-state index is 0.613. The summed E-state index contributed by atoms with van der Waals surface area (Å²) < 4.78 is 5.57. The Kier molecular flexibility index (Phi) is 3.29. The zero-order valence-corrected chi connectivity index (χ0v) is 11.4. The zero-order chi connectivity index (χ0) is 12.5. The van der Waals surface area contributed by atoms with Crippen molar-refractivity contribution in [3.05, 3.63) is 29.3 Å². The number of benzene rings is 1. The molecule has 1 N–H and O–H groups in total. The van der Waals surface area contributed by atoms with Gasteiger partial charge in [-0.1, -0.05) is 26.0 Å². The summed E-state index contributed by atoms with van der Waals surface area (Å²) in [6, 6.07) is 7.55. The molecule has 1 saturated carbocycles. The van der Waals surface area contributed by atoms with Gasteiger partial charge >= 0.3 is 0 Å². The lowest BCUT2D eigenvalue weighted by Gasteiger charge is -2.21. The van der Waals surface area contributed by atoms with Gasteiger partial charge in [-0.2, -0.15) is 0 Å². The van der Waals surface area contributed by atoms with Gasteiger partial charge in [-0.3, -0.25) is 0 Å². The van der Waals surface area contributed by atoms with Gasteiger partial charge in [0.2, 0.25) is 0 Å². The topological polar surface area (TPSA) is 21.3 Å². The first-order chi connectivity index (χ1) is 8.74. The lowest BCUT2D eigenvalue weighted by Crippen LogP contribution is -2.26. The van der Waals surface area contributed by atoms with Crippen LogP contribution in [0.4, 0.5) is 0 Å². The van der Waals surface area contributed by atoms with Gasteiger partial charge in [-0.15, -0.1) is 0 Å². The maximum Gasteiger partial charge on any atom is 0.122 e. The van der Waals surface area contributed by atoms with Crippen LogP contribution in [0.15, 0.2) is 18.2 Å². The molecule has 0 bridgehead atoms. The Morgan fingerprint density at radius 3 is 2.94 bits per heavy atom. The predicted octanol–water partition coefficient (Wildman–Crippen LogP) is 3.11. The van der Waals surface area contributed by atoms with Gasteiger partial charge in [0.15, 0.2) is 0 Å². The predicted molar refractivity (Wildman–Crippen MR) is 74.2 cm³/mol. The molecule has 98 valence electrons. The molecule has 2 atom stereocenters. The highest BCUT2D eigenvalue weighted by atomic mass is 16.5. The number of rotatable bonds is 5. The summed E-state index contributed by atoms with van der Waals surface area (Å²) in [4.78, 5) is 0. The van der Waals surface area contributed by atoms with Crippen LogP contribution in [0.5, 0.6) is 5.75 Å². The Balaban J connectivity index is 1.64. The Morgan fingerprint density at radius 2 is 2.17 bits per heavy atom. The van der Waals surface area contributed by atoms with Gasteiger partial charge < -0.3 is 10.1 Å². The summed E-state index contributed by atoms with van der Waals surface area (Å²) in [5.41, 5.74) is 2.85. The van der Waals surface area contributed by atoms with Crippen molar-refractivity contribution in [1.82, 2.24) is 5.32 Å². The Labute approximate surface area is 110 Å². The van der Waals surface area contributed by atoms with Crippen molar-refractivity contribution in [2.75, 3.05) is 13.2 Å². The monoisotopic (exact) mass is 245 g/mol. The molecular formula is C16H23NO. The number of hydrogen-bond donors (Lipinski definition) is 1. The second kappa shape index (κ2) is 4.93. The van der Waals surface area contributed by atoms with Crippen LogP contribution in [0, 0.1) is 5.92 Å². The third kappa shape index (κ3) is 2.54. The van der Waals surface area contributed by atoms with Crippen LogP contribution in [0.3, 0.4) is 0 Å². The standard InChI is InChI=1S/C16H23NO/c1-11(10-17-15-4-5-15)12(2)13-3-6-16-14(9-13)7-8-18-16/h3,6,9,11-12,15,17H,4-5,7-8,10H2,1-2H3. The average molecular weight is 245 g/mol. The van der Waals surface area contributed by atoms with Crippen molar-refractivity contribution < 1.29 is 4.74 Å². The van der Waals surface area contributed by atoms with Crippen molar-refractivity contribution in [2.45, 2.75) is 45.1 Å². The zero-order valence-electron chi connectivity index (χ0n) is 11.4. The van der Waals surface area contributed by atoms with Gasteiger partial charge in [0.05, 0.1) is 6.61 Å². The van der Waals surface area contributed by atoms with Crippen LogP contribution in [0.2, 0.25) is 0 Å². The van der Waals surface area contributed by atoms with Gasteiger partial charge in [0.25, 0.3) is 0 Å². The van der Waals surface area contributed by atoms with E-state index < -0.39 is 0 Å². The fourth-order valence-electron chi connectivity index (χ4n) is 2.64. The second-order valence-corrected chi connectivity index (χ2v) is 5.91. The summed E-state index contributed by atoms with van der Waals surface area (Å²) in [6.45, 7) is 6.69. The number of hydrogen-bond acceptors (Lipinski definition) is 2. The highest BCUT2D eigenvalue weighted by molar-refractivity contribution is 5.40. The summed E-state index contributed by atoms with van der Waals surface area (Å²) >= 11 is 0. The molecule has 0 amide bonds. The summed E-state index contributed by atoms with van der Waals surface area (Å²) in [7, 11) is 0. The van der Waals surface area contributed by atoms with Crippen molar-refractivity contribution >= 4 is 0 Å². The molecule has 0 aromatic heterocycles. The quantitative estimate of drug-likeness (QED) is 0.860. The van der Waals surface area contributed by atoms with E-state index in [9.17, 15) is 0 Å². The van der Waals surface area contributed by atoms with E-state index in [1.165, 1.54) is 24.0 Å². The fourth-order valence-corrected chi connectivity index (χ4v) is 2.64. The molecule has 0 saturated heterocycles. The Hall–Kier alpha value is -1.02. The first-order valence-corrected chi connectivity index (χ1v) is 7.23. The number of nitrogens with one attached hydrogen (secondary N) is 1. The van der Waals surface area contributed by atoms with Gasteiger partial charge in [-0.05, 0) is 48.4 Å². The van der Waals surface area contributed by atoms with Crippen molar-refractivity contribution in [1.29, 1.82) is 0 Å². The molecule has 2 heteroatoms. The third-order valence-corrected chi connectivity index (χ3v) is 4.40. The van der Waals surface area contributed by atoms with E-state index in [1.807, 2.05) is 0 Å². The average Bonchev–Trinajstić information content (AvgIpc) is 3.10.